The fourth-order valence-corrected chi connectivity index (χ4v) is 3.57. The Morgan fingerprint density at radius 1 is 1.28 bits per heavy atom. The van der Waals surface area contributed by atoms with E-state index >= 15 is 0 Å². The molecule has 0 spiro atoms. The van der Waals surface area contributed by atoms with Gasteiger partial charge in [-0.2, -0.15) is 0 Å². The number of nitro groups is 1. The van der Waals surface area contributed by atoms with Crippen molar-refractivity contribution in [2.45, 2.75) is 12.5 Å². The number of aromatic amines is 1. The Morgan fingerprint density at radius 3 is 2.88 bits per heavy atom. The maximum Gasteiger partial charge on any atom is 0.330 e. The Balaban J connectivity index is 1.56. The van der Waals surface area contributed by atoms with E-state index in [-0.39, 0.29) is 10.7 Å². The third kappa shape index (κ3) is 4.40. The highest BCUT2D eigenvalue weighted by molar-refractivity contribution is 6.32. The summed E-state index contributed by atoms with van der Waals surface area (Å²) in [6.45, 7) is 0. The largest absolute Gasteiger partial charge is 0.467 e. The van der Waals surface area contributed by atoms with Crippen molar-refractivity contribution in [1.29, 1.82) is 0 Å². The number of furan rings is 1. The number of carbonyl (C=O) groups excluding carboxylic acids is 1. The van der Waals surface area contributed by atoms with Crippen LogP contribution in [0.25, 0.3) is 22.2 Å². The minimum Gasteiger partial charge on any atom is -0.467 e. The van der Waals surface area contributed by atoms with Gasteiger partial charge in [0.2, 0.25) is 0 Å². The number of methoxy groups -OCH3 is 1. The zero-order valence-corrected chi connectivity index (χ0v) is 17.7. The number of nitrogens with zero attached hydrogens (tertiary/aromatic N) is 2. The number of rotatable bonds is 7. The summed E-state index contributed by atoms with van der Waals surface area (Å²) in [6, 6.07) is 14.8. The van der Waals surface area contributed by atoms with Gasteiger partial charge in [0.25, 0.3) is 5.69 Å². The van der Waals surface area contributed by atoms with Crippen LogP contribution in [-0.4, -0.2) is 35.2 Å². The summed E-state index contributed by atoms with van der Waals surface area (Å²) in [6.07, 6.45) is 3.66. The minimum atomic E-state index is -0.760. The van der Waals surface area contributed by atoms with Crippen LogP contribution in [0.4, 0.5) is 5.69 Å². The number of para-hydroxylation sites is 1. The third-order valence-corrected chi connectivity index (χ3v) is 5.32. The van der Waals surface area contributed by atoms with Crippen molar-refractivity contribution in [2.24, 2.45) is 4.99 Å². The van der Waals surface area contributed by atoms with Crippen molar-refractivity contribution in [1.82, 2.24) is 4.98 Å². The molecular formula is C23H18ClN3O5. The number of hydrogen-bond donors (Lipinski definition) is 1. The summed E-state index contributed by atoms with van der Waals surface area (Å²) in [7, 11) is 1.32. The van der Waals surface area contributed by atoms with Crippen LogP contribution in [0, 0.1) is 10.1 Å². The van der Waals surface area contributed by atoms with Crippen LogP contribution in [0.5, 0.6) is 0 Å². The molecule has 8 nitrogen and oxygen atoms in total. The average molecular weight is 452 g/mol. The lowest BCUT2D eigenvalue weighted by atomic mass is 10.1. The first kappa shape index (κ1) is 21.3. The molecule has 0 fully saturated rings. The highest BCUT2D eigenvalue weighted by Gasteiger charge is 2.20. The molecule has 0 bridgehead atoms. The molecule has 0 unspecified atom stereocenters. The molecule has 0 aliphatic heterocycles. The van der Waals surface area contributed by atoms with E-state index in [1.54, 1.807) is 18.2 Å². The second-order valence-corrected chi connectivity index (χ2v) is 7.41. The molecule has 9 heteroatoms. The van der Waals surface area contributed by atoms with Crippen LogP contribution in [-0.2, 0) is 16.0 Å². The van der Waals surface area contributed by atoms with Gasteiger partial charge in [0.05, 0.1) is 18.2 Å². The number of carbonyl (C=O) groups is 1. The molecule has 2 aromatic heterocycles. The Labute approximate surface area is 187 Å². The molecule has 4 aromatic rings. The zero-order chi connectivity index (χ0) is 22.7. The number of hydrogen-bond acceptors (Lipinski definition) is 6. The number of aliphatic imine (C=N–C) groups is 1. The van der Waals surface area contributed by atoms with Gasteiger partial charge >= 0.3 is 5.97 Å². The standard InChI is InChI=1S/C23H18ClN3O5/c1-31-23(28)20(10-15-12-25-19-5-3-2-4-17(15)19)26-13-16-7-9-22(32-16)14-6-8-18(24)21(11-14)27(29)30/h2-9,11-13,20,25H,10H2,1H3/t20-/m0/s1. The summed E-state index contributed by atoms with van der Waals surface area (Å²) in [5.41, 5.74) is 2.22. The van der Waals surface area contributed by atoms with E-state index in [1.807, 2.05) is 30.5 Å². The smallest absolute Gasteiger partial charge is 0.330 e. The molecule has 162 valence electrons. The van der Waals surface area contributed by atoms with Crippen molar-refractivity contribution < 1.29 is 18.9 Å². The van der Waals surface area contributed by atoms with Gasteiger partial charge in [-0.05, 0) is 35.9 Å². The SMILES string of the molecule is COC(=O)[C@H](Cc1c[nH]c2ccccc12)N=Cc1ccc(-c2ccc(Cl)c([N+](=O)[O-])c2)o1. The molecule has 0 radical (unpaired) electrons. The van der Waals surface area contributed by atoms with Crippen molar-refractivity contribution in [3.8, 4) is 11.3 Å². The maximum absolute atomic E-state index is 12.3. The first-order valence-corrected chi connectivity index (χ1v) is 10.0. The maximum atomic E-state index is 12.3. The number of H-pyrrole nitrogens is 1. The number of ether oxygens (including phenoxy) is 1. The number of aromatic nitrogens is 1. The van der Waals surface area contributed by atoms with Crippen molar-refractivity contribution in [2.75, 3.05) is 7.11 Å². The Morgan fingerprint density at radius 2 is 2.09 bits per heavy atom. The van der Waals surface area contributed by atoms with E-state index in [1.165, 1.54) is 25.5 Å². The van der Waals surface area contributed by atoms with Crippen LogP contribution in [0.15, 0.2) is 70.2 Å². The molecule has 0 saturated carbocycles. The van der Waals surface area contributed by atoms with Gasteiger partial charge in [0.1, 0.15) is 16.5 Å². The normalized spacial score (nSPS) is 12.3. The van der Waals surface area contributed by atoms with E-state index in [2.05, 4.69) is 9.98 Å². The van der Waals surface area contributed by atoms with Crippen LogP contribution in [0.3, 0.4) is 0 Å². The summed E-state index contributed by atoms with van der Waals surface area (Å²) in [4.78, 5) is 30.4. The van der Waals surface area contributed by atoms with Crippen molar-refractivity contribution in [3.05, 3.63) is 87.3 Å². The highest BCUT2D eigenvalue weighted by Crippen LogP contribution is 2.31. The molecule has 2 aromatic carbocycles. The van der Waals surface area contributed by atoms with Gasteiger partial charge in [-0.1, -0.05) is 29.8 Å². The third-order valence-electron chi connectivity index (χ3n) is 5.00. The van der Waals surface area contributed by atoms with E-state index in [0.29, 0.717) is 23.5 Å². The molecule has 0 aliphatic rings. The van der Waals surface area contributed by atoms with E-state index in [9.17, 15) is 14.9 Å². The summed E-state index contributed by atoms with van der Waals surface area (Å²) in [5, 5.41) is 12.2. The molecule has 1 atom stereocenters. The van der Waals surface area contributed by atoms with E-state index < -0.39 is 16.9 Å². The fourth-order valence-electron chi connectivity index (χ4n) is 3.39. The molecular weight excluding hydrogens is 434 g/mol. The Hall–Kier alpha value is -3.91. The summed E-state index contributed by atoms with van der Waals surface area (Å²) < 4.78 is 10.7. The van der Waals surface area contributed by atoms with E-state index in [0.717, 1.165) is 16.5 Å². The Bertz CT molecular complexity index is 1320. The molecule has 0 saturated heterocycles. The van der Waals surface area contributed by atoms with Gasteiger partial charge in [0.15, 0.2) is 6.04 Å². The molecule has 4 rings (SSSR count). The Kier molecular flexibility index (Phi) is 6.04. The summed E-state index contributed by atoms with van der Waals surface area (Å²) in [5.74, 6) is 0.342. The van der Waals surface area contributed by atoms with Crippen LogP contribution in [0.1, 0.15) is 11.3 Å². The zero-order valence-electron chi connectivity index (χ0n) is 16.9. The van der Waals surface area contributed by atoms with Crippen LogP contribution >= 0.6 is 11.6 Å². The van der Waals surface area contributed by atoms with E-state index in [4.69, 9.17) is 20.8 Å². The lowest BCUT2D eigenvalue weighted by Crippen LogP contribution is -2.23. The number of esters is 1. The van der Waals surface area contributed by atoms with Crippen LogP contribution < -0.4 is 0 Å². The van der Waals surface area contributed by atoms with Gasteiger partial charge < -0.3 is 14.1 Å². The summed E-state index contributed by atoms with van der Waals surface area (Å²) >= 11 is 5.87. The van der Waals surface area contributed by atoms with Gasteiger partial charge in [-0.3, -0.25) is 15.1 Å². The monoisotopic (exact) mass is 451 g/mol. The topological polar surface area (TPSA) is 111 Å². The highest BCUT2D eigenvalue weighted by atomic mass is 35.5. The van der Waals surface area contributed by atoms with Gasteiger partial charge in [-0.15, -0.1) is 0 Å². The van der Waals surface area contributed by atoms with Crippen molar-refractivity contribution >= 4 is 40.4 Å². The molecule has 0 aliphatic carbocycles. The number of fused-ring (bicyclic) bond motifs is 1. The van der Waals surface area contributed by atoms with Crippen molar-refractivity contribution in [3.63, 3.8) is 0 Å². The van der Waals surface area contributed by atoms with Gasteiger partial charge in [-0.25, -0.2) is 4.79 Å². The lowest BCUT2D eigenvalue weighted by molar-refractivity contribution is -0.384. The average Bonchev–Trinajstić information content (AvgIpc) is 3.43. The predicted molar refractivity (Wildman–Crippen MR) is 121 cm³/mol. The first-order valence-electron chi connectivity index (χ1n) is 9.66. The van der Waals surface area contributed by atoms with Crippen LogP contribution in [0.2, 0.25) is 5.02 Å². The molecule has 2 heterocycles. The number of nitrogens with one attached hydrogen (secondary N) is 1. The number of nitro benzene ring substituents is 1. The predicted octanol–water partition coefficient (Wildman–Crippen LogP) is 5.19. The first-order chi connectivity index (χ1) is 15.5. The molecule has 32 heavy (non-hydrogen) atoms. The minimum absolute atomic E-state index is 0.0466. The lowest BCUT2D eigenvalue weighted by Gasteiger charge is -2.09. The number of halogens is 1. The number of benzene rings is 2. The van der Waals surface area contributed by atoms with Gasteiger partial charge in [0, 0.05) is 35.2 Å². The molecule has 0 amide bonds. The molecule has 1 N–H and O–H groups in total. The second-order valence-electron chi connectivity index (χ2n) is 7.01. The fraction of sp³-hybridized carbons (Fsp3) is 0.130. The second kappa shape index (κ2) is 9.07. The quantitative estimate of drug-likeness (QED) is 0.180.